The molecular formula is C42H50N6O6. The van der Waals surface area contributed by atoms with E-state index in [4.69, 9.17) is 19.5 Å². The van der Waals surface area contributed by atoms with Crippen molar-refractivity contribution >= 4 is 57.6 Å². The van der Waals surface area contributed by atoms with Gasteiger partial charge < -0.3 is 29.9 Å². The maximum Gasteiger partial charge on any atom is 0.407 e. The zero-order valence-electron chi connectivity index (χ0n) is 32.0. The third-order valence-corrected chi connectivity index (χ3v) is 11.4. The predicted octanol–water partition coefficient (Wildman–Crippen LogP) is 6.51. The number of methoxy groups -OCH3 is 2. The molecule has 3 aromatic carbocycles. The summed E-state index contributed by atoms with van der Waals surface area (Å²) < 4.78 is 9.58. The lowest BCUT2D eigenvalue weighted by Gasteiger charge is -2.30. The number of nitrogens with zero attached hydrogens (tertiary/aromatic N) is 4. The van der Waals surface area contributed by atoms with Crippen LogP contribution in [0.5, 0.6) is 0 Å². The fourth-order valence-corrected chi connectivity index (χ4v) is 8.53. The molecule has 0 saturated carbocycles. The average Bonchev–Trinajstić information content (AvgIpc) is 3.99. The van der Waals surface area contributed by atoms with Gasteiger partial charge in [0, 0.05) is 37.4 Å². The molecule has 2 fully saturated rings. The average molecular weight is 735 g/mol. The Bertz CT molecular complexity index is 2060. The van der Waals surface area contributed by atoms with Gasteiger partial charge in [0.05, 0.1) is 37.7 Å². The van der Waals surface area contributed by atoms with Crippen LogP contribution >= 0.6 is 0 Å². The Labute approximate surface area is 316 Å². The first-order valence-electron chi connectivity index (χ1n) is 19.1. The minimum absolute atomic E-state index is 0.0881. The number of fused-ring (bicyclic) bond motifs is 4. The third kappa shape index (κ3) is 7.05. The van der Waals surface area contributed by atoms with E-state index in [1.807, 2.05) is 37.5 Å². The molecule has 0 spiro atoms. The molecule has 7 rings (SSSR count). The Hall–Kier alpha value is -5.26. The van der Waals surface area contributed by atoms with E-state index in [0.29, 0.717) is 25.9 Å². The molecule has 2 saturated heterocycles. The molecule has 0 bridgehead atoms. The van der Waals surface area contributed by atoms with Crippen molar-refractivity contribution in [3.63, 3.8) is 0 Å². The number of hydrogen-bond acceptors (Lipinski definition) is 8. The molecule has 12 heteroatoms. The molecular weight excluding hydrogens is 684 g/mol. The summed E-state index contributed by atoms with van der Waals surface area (Å²) in [6.07, 6.45) is 3.59. The molecule has 4 aliphatic heterocycles. The first-order chi connectivity index (χ1) is 26.0. The van der Waals surface area contributed by atoms with Crippen molar-refractivity contribution in [2.45, 2.75) is 90.4 Å². The summed E-state index contributed by atoms with van der Waals surface area (Å²) >= 11 is 0. The summed E-state index contributed by atoms with van der Waals surface area (Å²) in [5.41, 5.74) is 8.38. The number of amides is 4. The van der Waals surface area contributed by atoms with Crippen LogP contribution in [0.15, 0.2) is 58.5 Å². The molecule has 4 amide bonds. The number of carbonyl (C=O) groups is 4. The van der Waals surface area contributed by atoms with E-state index < -0.39 is 24.3 Å². The molecule has 0 radical (unpaired) electrons. The lowest BCUT2D eigenvalue weighted by Crippen LogP contribution is -2.53. The first kappa shape index (κ1) is 37.1. The highest BCUT2D eigenvalue weighted by Crippen LogP contribution is 2.39. The predicted molar refractivity (Wildman–Crippen MR) is 209 cm³/mol. The maximum absolute atomic E-state index is 13.7. The van der Waals surface area contributed by atoms with E-state index in [1.54, 1.807) is 0 Å². The molecule has 1 unspecified atom stereocenters. The Morgan fingerprint density at radius 2 is 1.20 bits per heavy atom. The Morgan fingerprint density at radius 3 is 1.78 bits per heavy atom. The largest absolute Gasteiger partial charge is 0.453 e. The van der Waals surface area contributed by atoms with Gasteiger partial charge >= 0.3 is 12.2 Å². The second kappa shape index (κ2) is 15.2. The van der Waals surface area contributed by atoms with Gasteiger partial charge in [0.15, 0.2) is 0 Å². The standard InChI is InChI=1S/C42H50N6O6/c1-23(2)37(45-41(51)53-5)39(49)47-17-7-9-35(47)33-21-28-20-26(12-15-31(28)43-33)25-11-14-29-27(19-25)13-16-32-30(29)22-34(44-32)36-10-8-18-48(36)40(50)38(24(3)4)46-42(52)54-6/h11-16,19-20,23-24,35-38H,7-10,17-18,21-22H2,1-6H3,(H,45,51)(H,46,52)/t35?,36-,37-,38-/m0/s1. The number of ether oxygens (including phenoxy) is 2. The molecule has 12 nitrogen and oxygen atoms in total. The molecule has 4 atom stereocenters. The number of alkyl carbamates (subject to hydrolysis) is 2. The second-order valence-electron chi connectivity index (χ2n) is 15.5. The van der Waals surface area contributed by atoms with Crippen molar-refractivity contribution in [1.29, 1.82) is 0 Å². The number of benzene rings is 3. The van der Waals surface area contributed by atoms with Crippen LogP contribution in [0.25, 0.3) is 21.9 Å². The van der Waals surface area contributed by atoms with Crippen LogP contribution in [0, 0.1) is 11.8 Å². The molecule has 3 aromatic rings. The summed E-state index contributed by atoms with van der Waals surface area (Å²) in [5.74, 6) is -0.373. The third-order valence-electron chi connectivity index (χ3n) is 11.4. The van der Waals surface area contributed by atoms with Crippen molar-refractivity contribution in [3.05, 3.63) is 59.7 Å². The zero-order valence-corrected chi connectivity index (χ0v) is 32.0. The highest BCUT2D eigenvalue weighted by molar-refractivity contribution is 6.06. The van der Waals surface area contributed by atoms with Gasteiger partial charge in [-0.05, 0) is 94.8 Å². The van der Waals surface area contributed by atoms with Gasteiger partial charge in [-0.1, -0.05) is 52.0 Å². The fraction of sp³-hybridized carbons (Fsp3) is 0.476. The molecule has 0 aromatic heterocycles. The number of rotatable bonds is 9. The van der Waals surface area contributed by atoms with Crippen LogP contribution in [0.2, 0.25) is 0 Å². The van der Waals surface area contributed by atoms with Gasteiger partial charge in [-0.15, -0.1) is 0 Å². The van der Waals surface area contributed by atoms with Crippen LogP contribution in [0.1, 0.15) is 64.5 Å². The molecule has 4 aliphatic rings. The number of carbonyl (C=O) groups excluding carboxylic acids is 4. The molecule has 284 valence electrons. The minimum atomic E-state index is -0.667. The highest BCUT2D eigenvalue weighted by Gasteiger charge is 2.40. The number of aliphatic imine (C=N–C) groups is 2. The number of nitrogens with one attached hydrogen (secondary N) is 2. The van der Waals surface area contributed by atoms with Crippen LogP contribution < -0.4 is 10.6 Å². The second-order valence-corrected chi connectivity index (χ2v) is 15.5. The van der Waals surface area contributed by atoms with Crippen molar-refractivity contribution in [1.82, 2.24) is 20.4 Å². The summed E-state index contributed by atoms with van der Waals surface area (Å²) in [7, 11) is 2.61. The van der Waals surface area contributed by atoms with Gasteiger partial charge in [0.1, 0.15) is 12.1 Å². The lowest BCUT2D eigenvalue weighted by atomic mass is 9.94. The van der Waals surface area contributed by atoms with E-state index in [2.05, 4.69) is 59.2 Å². The van der Waals surface area contributed by atoms with E-state index in [9.17, 15) is 19.2 Å². The van der Waals surface area contributed by atoms with Gasteiger partial charge in [0.25, 0.3) is 0 Å². The first-order valence-corrected chi connectivity index (χ1v) is 19.1. The van der Waals surface area contributed by atoms with E-state index >= 15 is 0 Å². The van der Waals surface area contributed by atoms with E-state index in [0.717, 1.165) is 75.9 Å². The summed E-state index contributed by atoms with van der Waals surface area (Å²) in [5, 5.41) is 7.74. The summed E-state index contributed by atoms with van der Waals surface area (Å²) in [6, 6.07) is 15.6. The Morgan fingerprint density at radius 1 is 0.685 bits per heavy atom. The van der Waals surface area contributed by atoms with Crippen molar-refractivity contribution in [3.8, 4) is 11.1 Å². The van der Waals surface area contributed by atoms with Crippen LogP contribution in [0.4, 0.5) is 21.0 Å². The molecule has 54 heavy (non-hydrogen) atoms. The van der Waals surface area contributed by atoms with Gasteiger partial charge in [-0.2, -0.15) is 0 Å². The topological polar surface area (TPSA) is 142 Å². The van der Waals surface area contributed by atoms with Crippen molar-refractivity contribution < 1.29 is 28.7 Å². The van der Waals surface area contributed by atoms with Gasteiger partial charge in [-0.25, -0.2) is 9.59 Å². The maximum atomic E-state index is 13.7. The van der Waals surface area contributed by atoms with Crippen LogP contribution in [0.3, 0.4) is 0 Å². The molecule has 2 N–H and O–H groups in total. The Balaban J connectivity index is 1.05. The Kier molecular flexibility index (Phi) is 10.5. The monoisotopic (exact) mass is 734 g/mol. The molecule has 0 aliphatic carbocycles. The SMILES string of the molecule is COC(=O)N[C@H](C(=O)N1CCCC1C1=Nc2ccc(-c3ccc4c5c(ccc4c3)N=C([C@@H]3CCCN3C(=O)[C@@H](NC(=O)OC)C(C)C)C5)cc2C1)C(C)C. The number of hydrogen-bond donors (Lipinski definition) is 2. The molecule has 4 heterocycles. The van der Waals surface area contributed by atoms with Crippen molar-refractivity contribution in [2.24, 2.45) is 21.8 Å². The summed E-state index contributed by atoms with van der Waals surface area (Å²) in [4.78, 5) is 65.3. The quantitative estimate of drug-likeness (QED) is 0.257. The van der Waals surface area contributed by atoms with Crippen molar-refractivity contribution in [2.75, 3.05) is 27.3 Å². The lowest BCUT2D eigenvalue weighted by molar-refractivity contribution is -0.134. The highest BCUT2D eigenvalue weighted by atomic mass is 16.5. The van der Waals surface area contributed by atoms with Gasteiger partial charge in [0.2, 0.25) is 11.8 Å². The fourth-order valence-electron chi connectivity index (χ4n) is 8.53. The summed E-state index contributed by atoms with van der Waals surface area (Å²) in [6.45, 7) is 8.95. The smallest absolute Gasteiger partial charge is 0.407 e. The number of likely N-dealkylation sites (tertiary alicyclic amines) is 2. The van der Waals surface area contributed by atoms with E-state index in [-0.39, 0.29) is 35.7 Å². The van der Waals surface area contributed by atoms with Gasteiger partial charge in [-0.3, -0.25) is 19.6 Å². The normalized spacial score (nSPS) is 20.1. The van der Waals surface area contributed by atoms with Crippen LogP contribution in [-0.4, -0.2) is 96.7 Å². The van der Waals surface area contributed by atoms with Crippen LogP contribution in [-0.2, 0) is 31.9 Å². The van der Waals surface area contributed by atoms with E-state index in [1.165, 1.54) is 19.8 Å². The minimum Gasteiger partial charge on any atom is -0.453 e. The zero-order chi connectivity index (χ0) is 38.3.